The van der Waals surface area contributed by atoms with Crippen LogP contribution < -0.4 is 4.90 Å². The summed E-state index contributed by atoms with van der Waals surface area (Å²) < 4.78 is 0. The summed E-state index contributed by atoms with van der Waals surface area (Å²) in [5.41, 5.74) is -0.519. The smallest absolute Gasteiger partial charge is 0.190 e. The molecule has 1 heterocycles. The van der Waals surface area contributed by atoms with Crippen LogP contribution in [0.5, 0.6) is 0 Å². The van der Waals surface area contributed by atoms with Gasteiger partial charge in [0, 0.05) is 11.8 Å². The molecule has 1 aromatic carbocycles. The van der Waals surface area contributed by atoms with Crippen molar-refractivity contribution in [3.05, 3.63) is 45.5 Å². The van der Waals surface area contributed by atoms with Crippen LogP contribution in [-0.2, 0) is 0 Å². The summed E-state index contributed by atoms with van der Waals surface area (Å²) in [6, 6.07) is 11.4. The Hall–Kier alpha value is -2.36. The number of hydrogen-bond donors (Lipinski definition) is 2. The number of likely N-dealkylation sites (N-methyl/N-ethyl adjacent to an activating group) is 1. The first-order valence-electron chi connectivity index (χ1n) is 8.73. The van der Waals surface area contributed by atoms with E-state index in [0.717, 1.165) is 18.7 Å². The molecular weight excluding hydrogens is 381 g/mol. The first-order chi connectivity index (χ1) is 12.9. The van der Waals surface area contributed by atoms with Crippen LogP contribution in [0.2, 0.25) is 10.0 Å². The van der Waals surface area contributed by atoms with Crippen molar-refractivity contribution in [3.8, 4) is 18.2 Å². The van der Waals surface area contributed by atoms with Crippen LogP contribution in [0, 0.1) is 56.7 Å². The number of rotatable bonds is 2. The summed E-state index contributed by atoms with van der Waals surface area (Å²) in [5.74, 6) is -1.74. The molecule has 0 spiro atoms. The van der Waals surface area contributed by atoms with Gasteiger partial charge >= 0.3 is 0 Å². The van der Waals surface area contributed by atoms with E-state index in [9.17, 15) is 15.8 Å². The largest absolute Gasteiger partial charge is 0.331 e. The molecule has 1 aromatic rings. The lowest BCUT2D eigenvalue weighted by Gasteiger charge is -2.46. The molecule has 0 radical (unpaired) electrons. The van der Waals surface area contributed by atoms with E-state index in [0.29, 0.717) is 22.2 Å². The van der Waals surface area contributed by atoms with Crippen molar-refractivity contribution in [1.82, 2.24) is 0 Å². The minimum atomic E-state index is -1.76. The van der Waals surface area contributed by atoms with Crippen molar-refractivity contribution in [1.29, 1.82) is 21.2 Å². The molecule has 1 aliphatic heterocycles. The Morgan fingerprint density at radius 1 is 1.26 bits per heavy atom. The van der Waals surface area contributed by atoms with E-state index in [4.69, 9.17) is 28.6 Å². The average molecular weight is 399 g/mol. The van der Waals surface area contributed by atoms with Crippen LogP contribution in [0.25, 0.3) is 0 Å². The van der Waals surface area contributed by atoms with Gasteiger partial charge in [-0.25, -0.2) is 0 Å². The summed E-state index contributed by atoms with van der Waals surface area (Å²) in [6.45, 7) is 4.39. The standard InChI is InChI=1S/C20H17Cl2N5/c1-2-27-7-6-12-14(8-23)19(26)20(10-24,11-25)17(15(12)9-27)13-4-3-5-16(21)18(13)22/h3-6,14-15,17,26H,2,7,9H2,1H3/p+1/t14?,15-,17-/m1/s1. The van der Waals surface area contributed by atoms with Gasteiger partial charge in [-0.05, 0) is 30.2 Å². The highest BCUT2D eigenvalue weighted by atomic mass is 35.5. The SMILES string of the molecule is CC[NH+]1CC=C2C(C#N)C(=N)C(C#N)(C#N)[C@H](c3cccc(Cl)c3Cl)[C@@H]2C1. The minimum Gasteiger partial charge on any atom is -0.331 e. The highest BCUT2D eigenvalue weighted by molar-refractivity contribution is 6.42. The van der Waals surface area contributed by atoms with Crippen LogP contribution in [-0.4, -0.2) is 25.3 Å². The molecule has 2 unspecified atom stereocenters. The predicted octanol–water partition coefficient (Wildman–Crippen LogP) is 2.74. The number of quaternary nitrogens is 1. The van der Waals surface area contributed by atoms with Crippen molar-refractivity contribution in [3.63, 3.8) is 0 Å². The third kappa shape index (κ3) is 2.82. The minimum absolute atomic E-state index is 0.168. The maximum absolute atomic E-state index is 10.0. The first kappa shape index (κ1) is 19.4. The first-order valence-corrected chi connectivity index (χ1v) is 9.49. The van der Waals surface area contributed by atoms with Gasteiger partial charge in [0.1, 0.15) is 5.92 Å². The van der Waals surface area contributed by atoms with Crippen LogP contribution >= 0.6 is 23.2 Å². The summed E-state index contributed by atoms with van der Waals surface area (Å²) in [4.78, 5) is 1.29. The third-order valence-corrected chi connectivity index (χ3v) is 6.61. The monoisotopic (exact) mass is 398 g/mol. The Morgan fingerprint density at radius 3 is 2.56 bits per heavy atom. The molecule has 0 saturated heterocycles. The molecule has 5 nitrogen and oxygen atoms in total. The van der Waals surface area contributed by atoms with Gasteiger partial charge in [-0.1, -0.05) is 35.3 Å². The van der Waals surface area contributed by atoms with E-state index in [2.05, 4.69) is 25.1 Å². The van der Waals surface area contributed by atoms with Crippen LogP contribution in [0.3, 0.4) is 0 Å². The van der Waals surface area contributed by atoms with Crippen molar-refractivity contribution in [2.24, 2.45) is 17.3 Å². The number of nitrogens with zero attached hydrogens (tertiary/aromatic N) is 3. The molecule has 7 heteroatoms. The molecule has 0 amide bonds. The van der Waals surface area contributed by atoms with E-state index in [-0.39, 0.29) is 11.6 Å². The van der Waals surface area contributed by atoms with Crippen molar-refractivity contribution in [2.75, 3.05) is 19.6 Å². The predicted molar refractivity (Wildman–Crippen MR) is 103 cm³/mol. The molecule has 2 aliphatic rings. The Morgan fingerprint density at radius 2 is 1.96 bits per heavy atom. The molecule has 1 aliphatic carbocycles. The second-order valence-electron chi connectivity index (χ2n) is 6.95. The highest BCUT2D eigenvalue weighted by Crippen LogP contribution is 2.54. The lowest BCUT2D eigenvalue weighted by Crippen LogP contribution is -3.13. The summed E-state index contributed by atoms with van der Waals surface area (Å²) in [6.07, 6.45) is 2.00. The van der Waals surface area contributed by atoms with Crippen LogP contribution in [0.1, 0.15) is 18.4 Å². The van der Waals surface area contributed by atoms with Gasteiger partial charge in [0.15, 0.2) is 5.41 Å². The number of fused-ring (bicyclic) bond motifs is 1. The molecule has 4 atom stereocenters. The number of nitriles is 3. The van der Waals surface area contributed by atoms with E-state index in [1.54, 1.807) is 18.2 Å². The maximum Gasteiger partial charge on any atom is 0.190 e. The fourth-order valence-corrected chi connectivity index (χ4v) is 4.78. The molecular formula is C20H18Cl2N5+. The van der Waals surface area contributed by atoms with Gasteiger partial charge < -0.3 is 10.3 Å². The Balaban J connectivity index is 2.31. The molecule has 2 N–H and O–H groups in total. The third-order valence-electron chi connectivity index (χ3n) is 5.78. The van der Waals surface area contributed by atoms with E-state index < -0.39 is 17.3 Å². The van der Waals surface area contributed by atoms with Crippen molar-refractivity contribution in [2.45, 2.75) is 12.8 Å². The Kier molecular flexibility index (Phi) is 5.27. The van der Waals surface area contributed by atoms with Crippen molar-refractivity contribution >= 4 is 28.9 Å². The molecule has 1 fully saturated rings. The zero-order chi connectivity index (χ0) is 19.8. The lowest BCUT2D eigenvalue weighted by molar-refractivity contribution is -0.897. The van der Waals surface area contributed by atoms with Gasteiger partial charge in [-0.3, -0.25) is 0 Å². The zero-order valence-electron chi connectivity index (χ0n) is 14.8. The van der Waals surface area contributed by atoms with Gasteiger partial charge in [0.05, 0.1) is 53.6 Å². The molecule has 0 aromatic heterocycles. The van der Waals surface area contributed by atoms with E-state index in [1.807, 2.05) is 6.08 Å². The number of halogens is 2. The summed E-state index contributed by atoms with van der Waals surface area (Å²) in [7, 11) is 0. The highest BCUT2D eigenvalue weighted by Gasteiger charge is 2.59. The fraction of sp³-hybridized carbons (Fsp3) is 0.400. The molecule has 0 bridgehead atoms. The number of hydrogen-bond acceptors (Lipinski definition) is 4. The summed E-state index contributed by atoms with van der Waals surface area (Å²) >= 11 is 12.7. The van der Waals surface area contributed by atoms with Gasteiger partial charge in [-0.15, -0.1) is 0 Å². The average Bonchev–Trinajstić information content (AvgIpc) is 2.69. The normalized spacial score (nSPS) is 28.9. The molecule has 27 heavy (non-hydrogen) atoms. The Bertz CT molecular complexity index is 933. The molecule has 3 rings (SSSR count). The molecule has 1 saturated carbocycles. The van der Waals surface area contributed by atoms with E-state index >= 15 is 0 Å². The van der Waals surface area contributed by atoms with Gasteiger partial charge in [0.25, 0.3) is 0 Å². The van der Waals surface area contributed by atoms with Gasteiger partial charge in [-0.2, -0.15) is 15.8 Å². The van der Waals surface area contributed by atoms with E-state index in [1.165, 1.54) is 4.90 Å². The zero-order valence-corrected chi connectivity index (χ0v) is 16.3. The molecule has 136 valence electrons. The van der Waals surface area contributed by atoms with Crippen molar-refractivity contribution < 1.29 is 4.90 Å². The second-order valence-corrected chi connectivity index (χ2v) is 7.74. The fourth-order valence-electron chi connectivity index (χ4n) is 4.35. The maximum atomic E-state index is 10.0. The van der Waals surface area contributed by atoms with Crippen LogP contribution in [0.4, 0.5) is 0 Å². The number of nitrogens with one attached hydrogen (secondary N) is 2. The van der Waals surface area contributed by atoms with Crippen LogP contribution in [0.15, 0.2) is 29.8 Å². The van der Waals surface area contributed by atoms with Gasteiger partial charge in [0.2, 0.25) is 0 Å². The Labute approximate surface area is 168 Å². The summed E-state index contributed by atoms with van der Waals surface area (Å²) in [5, 5.41) is 38.9. The topological polar surface area (TPSA) is 99.7 Å². The number of benzene rings is 1. The lowest BCUT2D eigenvalue weighted by atomic mass is 9.54. The second kappa shape index (κ2) is 7.34. The quantitative estimate of drug-likeness (QED) is 0.748.